The van der Waals surface area contributed by atoms with Gasteiger partial charge in [0.2, 0.25) is 5.78 Å². The highest BCUT2D eigenvalue weighted by Gasteiger charge is 2.16. The number of Topliss-reactive ketones (excluding diaryl/α,β-unsaturated/α-hetero) is 1. The summed E-state index contributed by atoms with van der Waals surface area (Å²) < 4.78 is 1.22. The monoisotopic (exact) mass is 321 g/mol. The van der Waals surface area contributed by atoms with Gasteiger partial charge in [0.1, 0.15) is 0 Å². The highest BCUT2D eigenvalue weighted by molar-refractivity contribution is 9.11. The summed E-state index contributed by atoms with van der Waals surface area (Å²) in [4.78, 5) is 25.1. The van der Waals surface area contributed by atoms with Crippen molar-refractivity contribution in [2.45, 2.75) is 6.42 Å². The minimum Gasteiger partial charge on any atom is -0.475 e. The molecule has 0 aliphatic heterocycles. The number of carboxylic acids is 1. The average molecular weight is 323 g/mol. The zero-order valence-corrected chi connectivity index (χ0v) is 10.0. The number of ketones is 1. The number of pyridine rings is 1. The zero-order chi connectivity index (χ0) is 10.7. The van der Waals surface area contributed by atoms with Crippen molar-refractivity contribution in [2.75, 3.05) is 0 Å². The van der Waals surface area contributed by atoms with Gasteiger partial charge in [0, 0.05) is 27.8 Å². The van der Waals surface area contributed by atoms with Crippen LogP contribution in [0.3, 0.4) is 0 Å². The van der Waals surface area contributed by atoms with E-state index in [-0.39, 0.29) is 6.42 Å². The summed E-state index contributed by atoms with van der Waals surface area (Å²) in [5, 5.41) is 8.43. The van der Waals surface area contributed by atoms with Crippen molar-refractivity contribution in [3.63, 3.8) is 0 Å². The molecule has 0 aromatic carbocycles. The minimum absolute atomic E-state index is 0.154. The summed E-state index contributed by atoms with van der Waals surface area (Å²) >= 11 is 6.37. The van der Waals surface area contributed by atoms with Crippen molar-refractivity contribution in [3.05, 3.63) is 26.9 Å². The Bertz CT molecular complexity index is 372. The molecule has 14 heavy (non-hydrogen) atoms. The lowest BCUT2D eigenvalue weighted by atomic mass is 10.1. The fourth-order valence-electron chi connectivity index (χ4n) is 0.843. The molecule has 1 N–H and O–H groups in total. The second-order valence-corrected chi connectivity index (χ2v) is 4.20. The van der Waals surface area contributed by atoms with Crippen LogP contribution in [0.2, 0.25) is 0 Å². The van der Waals surface area contributed by atoms with Crippen LogP contribution in [0.4, 0.5) is 0 Å². The van der Waals surface area contributed by atoms with E-state index in [0.717, 1.165) is 0 Å². The molecule has 0 aliphatic rings. The predicted molar refractivity (Wildman–Crippen MR) is 56.0 cm³/mol. The van der Waals surface area contributed by atoms with Gasteiger partial charge in [0.25, 0.3) is 0 Å². The molecule has 1 aromatic heterocycles. The third-order valence-electron chi connectivity index (χ3n) is 1.53. The molecule has 74 valence electrons. The Morgan fingerprint density at radius 3 is 2.21 bits per heavy atom. The van der Waals surface area contributed by atoms with Gasteiger partial charge in [-0.1, -0.05) is 0 Å². The maximum absolute atomic E-state index is 11.0. The first-order valence-electron chi connectivity index (χ1n) is 3.56. The maximum atomic E-state index is 11.0. The Morgan fingerprint density at radius 1 is 1.29 bits per heavy atom. The Balaban J connectivity index is 2.97. The van der Waals surface area contributed by atoms with Gasteiger partial charge in [-0.2, -0.15) is 0 Å². The van der Waals surface area contributed by atoms with E-state index in [1.165, 1.54) is 12.4 Å². The van der Waals surface area contributed by atoms with Gasteiger partial charge in [-0.05, 0) is 37.4 Å². The summed E-state index contributed by atoms with van der Waals surface area (Å²) in [6, 6.07) is 0. The van der Waals surface area contributed by atoms with E-state index in [1.54, 1.807) is 0 Å². The normalized spacial score (nSPS) is 9.86. The molecular weight excluding hydrogens is 318 g/mol. The lowest BCUT2D eigenvalue weighted by Gasteiger charge is -2.03. The molecule has 1 heterocycles. The molecular formula is C8H5Br2NO3. The quantitative estimate of drug-likeness (QED) is 0.862. The number of rotatable bonds is 3. The maximum Gasteiger partial charge on any atom is 0.372 e. The number of carbonyl (C=O) groups excluding carboxylic acids is 1. The number of carbonyl (C=O) groups is 2. The van der Waals surface area contributed by atoms with Gasteiger partial charge in [-0.3, -0.25) is 9.78 Å². The first-order chi connectivity index (χ1) is 6.52. The number of hydrogen-bond acceptors (Lipinski definition) is 3. The van der Waals surface area contributed by atoms with Gasteiger partial charge >= 0.3 is 5.97 Å². The van der Waals surface area contributed by atoms with E-state index in [4.69, 9.17) is 5.11 Å². The van der Waals surface area contributed by atoms with Crippen molar-refractivity contribution in [1.29, 1.82) is 0 Å². The molecule has 0 bridgehead atoms. The van der Waals surface area contributed by atoms with Crippen LogP contribution in [0.25, 0.3) is 0 Å². The first kappa shape index (κ1) is 11.3. The summed E-state index contributed by atoms with van der Waals surface area (Å²) in [6.45, 7) is 0. The fraction of sp³-hybridized carbons (Fsp3) is 0.125. The summed E-state index contributed by atoms with van der Waals surface area (Å²) in [5.41, 5.74) is 0.590. The molecule has 0 amide bonds. The van der Waals surface area contributed by atoms with Crippen LogP contribution in [-0.2, 0) is 16.0 Å². The smallest absolute Gasteiger partial charge is 0.372 e. The van der Waals surface area contributed by atoms with E-state index in [2.05, 4.69) is 36.8 Å². The molecule has 0 unspecified atom stereocenters. The van der Waals surface area contributed by atoms with Crippen molar-refractivity contribution < 1.29 is 14.7 Å². The topological polar surface area (TPSA) is 67.3 Å². The van der Waals surface area contributed by atoms with E-state index >= 15 is 0 Å². The van der Waals surface area contributed by atoms with E-state index in [0.29, 0.717) is 14.5 Å². The number of aromatic nitrogens is 1. The summed E-state index contributed by atoms with van der Waals surface area (Å²) in [6.07, 6.45) is 2.86. The number of nitrogens with zero attached hydrogens (tertiary/aromatic N) is 1. The molecule has 0 saturated heterocycles. The highest BCUT2D eigenvalue weighted by Crippen LogP contribution is 2.24. The van der Waals surface area contributed by atoms with Crippen LogP contribution in [0.15, 0.2) is 21.3 Å². The molecule has 1 rings (SSSR count). The second kappa shape index (κ2) is 4.65. The average Bonchev–Trinajstić information content (AvgIpc) is 2.11. The molecule has 0 fully saturated rings. The van der Waals surface area contributed by atoms with Crippen LogP contribution in [0, 0.1) is 0 Å². The predicted octanol–water partition coefficient (Wildman–Crippen LogP) is 1.80. The summed E-state index contributed by atoms with van der Waals surface area (Å²) in [5.74, 6) is -2.28. The van der Waals surface area contributed by atoms with Crippen LogP contribution in [-0.4, -0.2) is 21.8 Å². The van der Waals surface area contributed by atoms with Crippen LogP contribution < -0.4 is 0 Å². The molecule has 0 aliphatic carbocycles. The van der Waals surface area contributed by atoms with Crippen LogP contribution in [0.5, 0.6) is 0 Å². The molecule has 1 aromatic rings. The zero-order valence-electron chi connectivity index (χ0n) is 6.83. The van der Waals surface area contributed by atoms with Crippen LogP contribution in [0.1, 0.15) is 5.56 Å². The number of hydrogen-bond donors (Lipinski definition) is 1. The van der Waals surface area contributed by atoms with Crippen molar-refractivity contribution >= 4 is 43.6 Å². The Hall–Kier alpha value is -0.750. The van der Waals surface area contributed by atoms with Crippen molar-refractivity contribution in [1.82, 2.24) is 4.98 Å². The first-order valence-corrected chi connectivity index (χ1v) is 5.15. The van der Waals surface area contributed by atoms with E-state index in [1.807, 2.05) is 0 Å². The second-order valence-electron chi connectivity index (χ2n) is 2.49. The van der Waals surface area contributed by atoms with E-state index in [9.17, 15) is 9.59 Å². The summed E-state index contributed by atoms with van der Waals surface area (Å²) in [7, 11) is 0. The standard InChI is InChI=1S/C8H5Br2NO3/c9-5-2-11-3-6(10)4(5)1-7(12)8(13)14/h2-3H,1H2,(H,13,14). The Labute approximate surface area is 96.6 Å². The number of aliphatic carboxylic acids is 1. The van der Waals surface area contributed by atoms with Gasteiger partial charge in [-0.25, -0.2) is 4.79 Å². The Kier molecular flexibility index (Phi) is 3.77. The highest BCUT2D eigenvalue weighted by atomic mass is 79.9. The van der Waals surface area contributed by atoms with Gasteiger partial charge in [-0.15, -0.1) is 0 Å². The molecule has 6 heteroatoms. The molecule has 4 nitrogen and oxygen atoms in total. The van der Waals surface area contributed by atoms with Gasteiger partial charge < -0.3 is 5.11 Å². The Morgan fingerprint density at radius 2 is 1.79 bits per heavy atom. The molecule has 0 radical (unpaired) electrons. The van der Waals surface area contributed by atoms with E-state index < -0.39 is 11.8 Å². The minimum atomic E-state index is -1.43. The van der Waals surface area contributed by atoms with Gasteiger partial charge in [0.05, 0.1) is 0 Å². The number of halogens is 2. The number of carboxylic acid groups (broad SMARTS) is 1. The van der Waals surface area contributed by atoms with Gasteiger partial charge in [0.15, 0.2) is 0 Å². The lowest BCUT2D eigenvalue weighted by Crippen LogP contribution is -2.15. The van der Waals surface area contributed by atoms with Crippen molar-refractivity contribution in [2.24, 2.45) is 0 Å². The van der Waals surface area contributed by atoms with Crippen LogP contribution >= 0.6 is 31.9 Å². The third kappa shape index (κ3) is 2.62. The SMILES string of the molecule is O=C(O)C(=O)Cc1c(Br)cncc1Br. The molecule has 0 atom stereocenters. The molecule has 0 saturated carbocycles. The molecule has 0 spiro atoms. The lowest BCUT2D eigenvalue weighted by molar-refractivity contribution is -0.148. The third-order valence-corrected chi connectivity index (χ3v) is 2.89. The van der Waals surface area contributed by atoms with Crippen molar-refractivity contribution in [3.8, 4) is 0 Å². The fourth-order valence-corrected chi connectivity index (χ4v) is 2.05. The largest absolute Gasteiger partial charge is 0.475 e.